The zero-order chi connectivity index (χ0) is 52.9. The Morgan fingerprint density at radius 2 is 1.31 bits per heavy atom. The van der Waals surface area contributed by atoms with Crippen molar-refractivity contribution in [2.24, 2.45) is 28.9 Å². The van der Waals surface area contributed by atoms with Crippen LogP contribution in [0.3, 0.4) is 0 Å². The van der Waals surface area contributed by atoms with Crippen molar-refractivity contribution in [3.63, 3.8) is 0 Å². The number of carbonyl (C=O) groups is 10. The number of carbonyl (C=O) groups excluding carboxylic acids is 10. The van der Waals surface area contributed by atoms with Crippen LogP contribution in [0.15, 0.2) is 54.6 Å². The Bertz CT molecular complexity index is 2230. The smallest absolute Gasteiger partial charge is 0.246 e. The van der Waals surface area contributed by atoms with Gasteiger partial charge >= 0.3 is 0 Å². The SMILES string of the molecule is CC(C)C[C@@H]1NC(=O)[C@H](Cc2ccccc2)NC(=O)[C@H](Cc2ccc(O)cc2)NC(=O)[C@@H](N)CSSC[C@@H](C(=O)N2CCC[C@H]2C(=O)N[C@@H](CCCCN)C(=O)NCC(N)=O)NC(=O)[C@H](CC(N)=O)NC1=O. The maximum absolute atomic E-state index is 14.6. The van der Waals surface area contributed by atoms with Gasteiger partial charge in [-0.3, -0.25) is 47.9 Å². The molecule has 2 heterocycles. The van der Waals surface area contributed by atoms with Crippen LogP contribution in [0, 0.1) is 5.92 Å². The largest absolute Gasteiger partial charge is 0.508 e. The molecular weight excluding hydrogens is 973 g/mol. The number of likely N-dealkylation sites (tertiary alicyclic amines) is 1. The van der Waals surface area contributed by atoms with E-state index in [1.54, 1.807) is 56.3 Å². The molecule has 0 spiro atoms. The number of unbranched alkanes of at least 4 members (excludes halogenated alkanes) is 1. The van der Waals surface area contributed by atoms with Gasteiger partial charge in [0.15, 0.2) is 0 Å². The monoisotopic (exact) mass is 1040 g/mol. The van der Waals surface area contributed by atoms with E-state index in [2.05, 4.69) is 37.2 Å². The number of primary amides is 2. The van der Waals surface area contributed by atoms with E-state index in [1.165, 1.54) is 17.0 Å². The lowest BCUT2D eigenvalue weighted by Crippen LogP contribution is -2.61. The van der Waals surface area contributed by atoms with Crippen molar-refractivity contribution in [2.75, 3.05) is 31.1 Å². The Hall–Kier alpha value is -6.44. The number of aromatic hydroxyl groups is 1. The highest BCUT2D eigenvalue weighted by molar-refractivity contribution is 8.76. The van der Waals surface area contributed by atoms with Gasteiger partial charge in [-0.1, -0.05) is 77.9 Å². The molecule has 0 saturated carbocycles. The molecule has 0 aliphatic carbocycles. The lowest BCUT2D eigenvalue weighted by Gasteiger charge is -2.31. The quantitative estimate of drug-likeness (QED) is 0.0540. The van der Waals surface area contributed by atoms with Gasteiger partial charge in [-0.2, -0.15) is 0 Å². The minimum atomic E-state index is -1.66. The molecule has 2 aromatic carbocycles. The average Bonchev–Trinajstić information content (AvgIpc) is 3.83. The van der Waals surface area contributed by atoms with E-state index in [1.807, 2.05) is 0 Å². The number of hydrogen-bond donors (Lipinski definition) is 12. The number of phenols is 1. The van der Waals surface area contributed by atoms with E-state index in [0.717, 1.165) is 21.6 Å². The zero-order valence-corrected chi connectivity index (χ0v) is 42.0. The summed E-state index contributed by atoms with van der Waals surface area (Å²) >= 11 is 0. The predicted molar refractivity (Wildman–Crippen MR) is 270 cm³/mol. The molecule has 2 saturated heterocycles. The maximum Gasteiger partial charge on any atom is 0.246 e. The highest BCUT2D eigenvalue weighted by Crippen LogP contribution is 2.26. The number of nitrogens with one attached hydrogen (secondary N) is 7. The molecule has 4 rings (SSSR count). The summed E-state index contributed by atoms with van der Waals surface area (Å²) in [5.41, 5.74) is 24.0. The molecule has 2 aliphatic heterocycles. The van der Waals surface area contributed by atoms with Gasteiger partial charge in [0.1, 0.15) is 48.0 Å². The van der Waals surface area contributed by atoms with Crippen LogP contribution in [-0.2, 0) is 60.8 Å². The number of hydrogen-bond acceptors (Lipinski definition) is 15. The molecule has 394 valence electrons. The highest BCUT2D eigenvalue weighted by atomic mass is 33.1. The van der Waals surface area contributed by atoms with E-state index < -0.39 is 120 Å². The lowest BCUT2D eigenvalue weighted by molar-refractivity contribution is -0.142. The number of amides is 10. The number of rotatable bonds is 18. The van der Waals surface area contributed by atoms with Crippen LogP contribution in [0.4, 0.5) is 0 Å². The first-order valence-corrected chi connectivity index (χ1v) is 26.2. The molecular formula is C47H68N12O11S2. The third-order valence-electron chi connectivity index (χ3n) is 11.7. The Morgan fingerprint density at radius 3 is 1.92 bits per heavy atom. The fraction of sp³-hybridized carbons (Fsp3) is 0.532. The fourth-order valence-corrected chi connectivity index (χ4v) is 10.2. The van der Waals surface area contributed by atoms with Crippen molar-refractivity contribution in [3.8, 4) is 5.75 Å². The normalized spacial score (nSPS) is 23.3. The minimum Gasteiger partial charge on any atom is -0.508 e. The Labute approximate surface area is 425 Å². The molecule has 8 atom stereocenters. The van der Waals surface area contributed by atoms with Gasteiger partial charge in [0.25, 0.3) is 0 Å². The highest BCUT2D eigenvalue weighted by Gasteiger charge is 2.40. The molecule has 0 radical (unpaired) electrons. The first-order chi connectivity index (χ1) is 34.3. The van der Waals surface area contributed by atoms with Crippen LogP contribution in [0.5, 0.6) is 5.75 Å². The van der Waals surface area contributed by atoms with Gasteiger partial charge in [0.2, 0.25) is 59.1 Å². The summed E-state index contributed by atoms with van der Waals surface area (Å²) in [6, 6.07) is 4.21. The lowest BCUT2D eigenvalue weighted by atomic mass is 9.99. The van der Waals surface area contributed by atoms with Gasteiger partial charge in [-0.25, -0.2) is 0 Å². The van der Waals surface area contributed by atoms with Gasteiger partial charge in [-0.15, -0.1) is 0 Å². The second kappa shape index (κ2) is 29.2. The van der Waals surface area contributed by atoms with Gasteiger partial charge < -0.3 is 70.2 Å². The zero-order valence-electron chi connectivity index (χ0n) is 40.4. The van der Waals surface area contributed by atoms with Crippen LogP contribution >= 0.6 is 21.6 Å². The number of nitrogens with two attached hydrogens (primary N) is 4. The van der Waals surface area contributed by atoms with Crippen molar-refractivity contribution in [1.29, 1.82) is 0 Å². The van der Waals surface area contributed by atoms with Crippen LogP contribution in [-0.4, -0.2) is 149 Å². The van der Waals surface area contributed by atoms with Crippen molar-refractivity contribution < 1.29 is 53.1 Å². The van der Waals surface area contributed by atoms with E-state index >= 15 is 0 Å². The first-order valence-electron chi connectivity index (χ1n) is 23.7. The number of nitrogens with zero attached hydrogens (tertiary/aromatic N) is 1. The topological polar surface area (TPSA) is 382 Å². The number of benzene rings is 2. The summed E-state index contributed by atoms with van der Waals surface area (Å²) in [5, 5.41) is 28.3. The summed E-state index contributed by atoms with van der Waals surface area (Å²) in [7, 11) is 2.10. The molecule has 0 aromatic heterocycles. The Morgan fingerprint density at radius 1 is 0.736 bits per heavy atom. The predicted octanol–water partition coefficient (Wildman–Crippen LogP) is -2.55. The molecule has 0 bridgehead atoms. The maximum atomic E-state index is 14.6. The molecule has 0 unspecified atom stereocenters. The Balaban J connectivity index is 1.70. The summed E-state index contributed by atoms with van der Waals surface area (Å²) < 4.78 is 0. The van der Waals surface area contributed by atoms with E-state index in [4.69, 9.17) is 22.9 Å². The average molecular weight is 1040 g/mol. The van der Waals surface area contributed by atoms with Crippen molar-refractivity contribution in [1.82, 2.24) is 42.1 Å². The standard InChI is InChI=1S/C47H68N12O11S2/c1-26(2)19-32-42(65)57-35(22-38(50)61)45(68)58-36(47(70)59-18-8-12-37(59)46(69)53-31(11-6-7-17-48)41(64)52-23-39(51)62)25-72-71-24-30(49)40(63)54-33(21-28-13-15-29(60)16-14-28)43(66)56-34(44(67)55-32)20-27-9-4-3-5-10-27/h3-5,9-10,13-16,26,30-37,60H,6-8,11-12,17-25,48-49H2,1-2H3,(H2,50,61)(H2,51,62)(H,52,64)(H,53,69)(H,54,63)(H,55,67)(H,56,66)(H,57,65)(H,58,68)/t30-,31-,32-,33-,34-,35-,36-,37-/m0/s1. The van der Waals surface area contributed by atoms with Crippen LogP contribution < -0.4 is 60.2 Å². The molecule has 23 nitrogen and oxygen atoms in total. The summed E-state index contributed by atoms with van der Waals surface area (Å²) in [6.07, 6.45) is 0.871. The van der Waals surface area contributed by atoms with Crippen molar-refractivity contribution in [2.45, 2.75) is 120 Å². The van der Waals surface area contributed by atoms with E-state index in [0.29, 0.717) is 36.9 Å². The van der Waals surface area contributed by atoms with Gasteiger partial charge in [0.05, 0.1) is 19.0 Å². The minimum absolute atomic E-state index is 0.0278. The van der Waals surface area contributed by atoms with Crippen molar-refractivity contribution >= 4 is 80.7 Å². The summed E-state index contributed by atoms with van der Waals surface area (Å²) in [4.78, 5) is 137. The van der Waals surface area contributed by atoms with Crippen LogP contribution in [0.2, 0.25) is 0 Å². The molecule has 10 amide bonds. The van der Waals surface area contributed by atoms with Gasteiger partial charge in [-0.05, 0) is 74.2 Å². The second-order valence-electron chi connectivity index (χ2n) is 18.1. The Kier molecular flexibility index (Phi) is 23.6. The van der Waals surface area contributed by atoms with Gasteiger partial charge in [0, 0.05) is 30.9 Å². The second-order valence-corrected chi connectivity index (χ2v) is 20.6. The van der Waals surface area contributed by atoms with Crippen LogP contribution in [0.1, 0.15) is 69.9 Å². The number of phenolic OH excluding ortho intramolecular Hbond substituents is 1. The van der Waals surface area contributed by atoms with E-state index in [9.17, 15) is 53.1 Å². The third kappa shape index (κ3) is 19.0. The summed E-state index contributed by atoms with van der Waals surface area (Å²) in [6.45, 7) is 3.49. The first kappa shape index (κ1) is 58.1. The molecule has 25 heteroatoms. The molecule has 2 fully saturated rings. The molecule has 72 heavy (non-hydrogen) atoms. The third-order valence-corrected chi connectivity index (χ3v) is 14.1. The van der Waals surface area contributed by atoms with Crippen molar-refractivity contribution in [3.05, 3.63) is 65.7 Å². The molecule has 16 N–H and O–H groups in total. The van der Waals surface area contributed by atoms with E-state index in [-0.39, 0.29) is 61.8 Å². The fourth-order valence-electron chi connectivity index (χ4n) is 7.94. The molecule has 2 aromatic rings. The summed E-state index contributed by atoms with van der Waals surface area (Å²) in [5.74, 6) is -8.53. The van der Waals surface area contributed by atoms with Crippen LogP contribution in [0.25, 0.3) is 0 Å². The molecule has 2 aliphatic rings.